The van der Waals surface area contributed by atoms with Crippen molar-refractivity contribution >= 4 is 38.3 Å². The topological polar surface area (TPSA) is 79.4 Å². The maximum Gasteiger partial charge on any atom is 0.269 e. The lowest BCUT2D eigenvalue weighted by molar-refractivity contribution is 0.0958. The minimum absolute atomic E-state index is 0.255. The standard InChI is InChI=1S/C23H23N5O2S/c1-24-22(29)19-12-17(10-11-25-19)30-16-8-9-18-21(13-16)31-23(27-18)26-14-15-6-4-5-7-20(15)28(2)3/h4-13H,14H2,1-3H3,(H,24,29)(H,26,27). The number of ether oxygens (including phenoxy) is 1. The van der Waals surface area contributed by atoms with Crippen LogP contribution in [0, 0.1) is 0 Å². The highest BCUT2D eigenvalue weighted by molar-refractivity contribution is 7.22. The third-order valence-electron chi connectivity index (χ3n) is 4.69. The number of anilines is 2. The lowest BCUT2D eigenvalue weighted by Gasteiger charge is -2.17. The van der Waals surface area contributed by atoms with Gasteiger partial charge in [0.25, 0.3) is 5.91 Å². The van der Waals surface area contributed by atoms with Gasteiger partial charge in [-0.25, -0.2) is 4.98 Å². The first-order chi connectivity index (χ1) is 15.0. The average Bonchev–Trinajstić information content (AvgIpc) is 3.19. The van der Waals surface area contributed by atoms with Crippen LogP contribution in [0.1, 0.15) is 16.1 Å². The van der Waals surface area contributed by atoms with Crippen LogP contribution in [0.5, 0.6) is 11.5 Å². The highest BCUT2D eigenvalue weighted by Crippen LogP contribution is 2.32. The number of fused-ring (bicyclic) bond motifs is 1. The number of hydrogen-bond donors (Lipinski definition) is 2. The van der Waals surface area contributed by atoms with Crippen LogP contribution >= 0.6 is 11.3 Å². The van der Waals surface area contributed by atoms with E-state index >= 15 is 0 Å². The summed E-state index contributed by atoms with van der Waals surface area (Å²) in [5.74, 6) is 0.973. The lowest BCUT2D eigenvalue weighted by Crippen LogP contribution is -2.18. The second-order valence-electron chi connectivity index (χ2n) is 7.08. The van der Waals surface area contributed by atoms with Gasteiger partial charge >= 0.3 is 0 Å². The Balaban J connectivity index is 1.49. The van der Waals surface area contributed by atoms with Gasteiger partial charge in [0.1, 0.15) is 17.2 Å². The number of thiazole rings is 1. The Morgan fingerprint density at radius 2 is 1.90 bits per heavy atom. The second-order valence-corrected chi connectivity index (χ2v) is 8.11. The van der Waals surface area contributed by atoms with E-state index in [4.69, 9.17) is 4.74 Å². The Kier molecular flexibility index (Phi) is 5.99. The van der Waals surface area contributed by atoms with E-state index in [9.17, 15) is 4.79 Å². The van der Waals surface area contributed by atoms with Crippen molar-refractivity contribution in [1.82, 2.24) is 15.3 Å². The highest BCUT2D eigenvalue weighted by atomic mass is 32.1. The largest absolute Gasteiger partial charge is 0.457 e. The van der Waals surface area contributed by atoms with Gasteiger partial charge in [-0.15, -0.1) is 0 Å². The number of amides is 1. The molecule has 2 heterocycles. The molecule has 2 N–H and O–H groups in total. The number of aromatic nitrogens is 2. The van der Waals surface area contributed by atoms with E-state index < -0.39 is 0 Å². The zero-order chi connectivity index (χ0) is 21.8. The average molecular weight is 434 g/mol. The van der Waals surface area contributed by atoms with Crippen LogP contribution in [0.2, 0.25) is 0 Å². The molecule has 8 heteroatoms. The molecular weight excluding hydrogens is 410 g/mol. The Morgan fingerprint density at radius 3 is 2.71 bits per heavy atom. The molecule has 2 aromatic heterocycles. The van der Waals surface area contributed by atoms with Crippen molar-refractivity contribution in [1.29, 1.82) is 0 Å². The Morgan fingerprint density at radius 1 is 1.10 bits per heavy atom. The minimum atomic E-state index is -0.255. The maximum absolute atomic E-state index is 11.8. The Bertz CT molecular complexity index is 1220. The molecule has 0 fully saturated rings. The molecule has 0 bridgehead atoms. The van der Waals surface area contributed by atoms with Gasteiger partial charge in [0.2, 0.25) is 0 Å². The first kappa shape index (κ1) is 20.6. The number of para-hydroxylation sites is 1. The summed E-state index contributed by atoms with van der Waals surface area (Å²) in [5.41, 5.74) is 3.60. The molecule has 4 rings (SSSR count). The van der Waals surface area contributed by atoms with Crippen LogP contribution in [0.3, 0.4) is 0 Å². The second kappa shape index (κ2) is 9.01. The molecule has 0 aliphatic rings. The number of hydrogen-bond acceptors (Lipinski definition) is 7. The fraction of sp³-hybridized carbons (Fsp3) is 0.174. The van der Waals surface area contributed by atoms with E-state index in [0.29, 0.717) is 23.7 Å². The molecule has 7 nitrogen and oxygen atoms in total. The number of pyridine rings is 1. The molecule has 0 saturated carbocycles. The van der Waals surface area contributed by atoms with Crippen molar-refractivity contribution in [2.24, 2.45) is 0 Å². The Hall–Kier alpha value is -3.65. The van der Waals surface area contributed by atoms with Crippen LogP contribution in [-0.4, -0.2) is 37.0 Å². The molecule has 0 unspecified atom stereocenters. The van der Waals surface area contributed by atoms with Crippen molar-refractivity contribution < 1.29 is 9.53 Å². The summed E-state index contributed by atoms with van der Waals surface area (Å²) in [6, 6.07) is 17.4. The van der Waals surface area contributed by atoms with E-state index in [1.165, 1.54) is 11.3 Å². The SMILES string of the molecule is CNC(=O)c1cc(Oc2ccc3nc(NCc4ccccc4N(C)C)sc3c2)ccn1. The van der Waals surface area contributed by atoms with Gasteiger partial charge in [-0.2, -0.15) is 0 Å². The smallest absolute Gasteiger partial charge is 0.269 e. The molecule has 0 atom stereocenters. The summed E-state index contributed by atoms with van der Waals surface area (Å²) in [4.78, 5) is 22.6. The van der Waals surface area contributed by atoms with Gasteiger partial charge in [0.05, 0.1) is 10.2 Å². The summed E-state index contributed by atoms with van der Waals surface area (Å²) in [7, 11) is 5.65. The molecule has 0 radical (unpaired) electrons. The van der Waals surface area contributed by atoms with Gasteiger partial charge in [-0.05, 0) is 29.8 Å². The van der Waals surface area contributed by atoms with Crippen LogP contribution in [0.4, 0.5) is 10.8 Å². The summed E-state index contributed by atoms with van der Waals surface area (Å²) < 4.78 is 6.95. The number of carbonyl (C=O) groups excluding carboxylic acids is 1. The van der Waals surface area contributed by atoms with Crippen molar-refractivity contribution in [2.75, 3.05) is 31.4 Å². The fourth-order valence-electron chi connectivity index (χ4n) is 3.17. The fourth-order valence-corrected chi connectivity index (χ4v) is 4.06. The zero-order valence-corrected chi connectivity index (χ0v) is 18.4. The molecule has 0 saturated heterocycles. The third kappa shape index (κ3) is 4.75. The van der Waals surface area contributed by atoms with Crippen molar-refractivity contribution in [2.45, 2.75) is 6.54 Å². The molecule has 0 aliphatic carbocycles. The molecule has 1 amide bonds. The van der Waals surface area contributed by atoms with E-state index in [2.05, 4.69) is 37.6 Å². The van der Waals surface area contributed by atoms with Gasteiger partial charge in [-0.1, -0.05) is 29.5 Å². The van der Waals surface area contributed by atoms with Crippen molar-refractivity contribution in [3.63, 3.8) is 0 Å². The van der Waals surface area contributed by atoms with Crippen LogP contribution in [0.15, 0.2) is 60.8 Å². The molecule has 4 aromatic rings. The molecular formula is C23H23N5O2S. The molecule has 2 aromatic carbocycles. The molecule has 158 valence electrons. The van der Waals surface area contributed by atoms with Crippen LogP contribution < -0.4 is 20.3 Å². The van der Waals surface area contributed by atoms with Gasteiger partial charge in [0, 0.05) is 51.7 Å². The molecule has 0 spiro atoms. The summed E-state index contributed by atoms with van der Waals surface area (Å²) in [6.07, 6.45) is 1.55. The predicted molar refractivity (Wildman–Crippen MR) is 125 cm³/mol. The molecule has 0 aliphatic heterocycles. The van der Waals surface area contributed by atoms with Crippen LogP contribution in [-0.2, 0) is 6.54 Å². The van der Waals surface area contributed by atoms with Crippen molar-refractivity contribution in [3.8, 4) is 11.5 Å². The van der Waals surface area contributed by atoms with E-state index in [1.807, 2.05) is 44.4 Å². The van der Waals surface area contributed by atoms with E-state index in [0.717, 1.165) is 15.3 Å². The first-order valence-electron chi connectivity index (χ1n) is 9.79. The number of nitrogens with one attached hydrogen (secondary N) is 2. The number of rotatable bonds is 7. The van der Waals surface area contributed by atoms with Crippen LogP contribution in [0.25, 0.3) is 10.2 Å². The number of benzene rings is 2. The number of carbonyl (C=O) groups is 1. The van der Waals surface area contributed by atoms with Crippen molar-refractivity contribution in [3.05, 3.63) is 72.1 Å². The van der Waals surface area contributed by atoms with Gasteiger partial charge in [-0.3, -0.25) is 9.78 Å². The normalized spacial score (nSPS) is 10.7. The van der Waals surface area contributed by atoms with E-state index in [-0.39, 0.29) is 5.91 Å². The summed E-state index contributed by atoms with van der Waals surface area (Å²) in [6.45, 7) is 0.691. The molecule has 31 heavy (non-hydrogen) atoms. The quantitative estimate of drug-likeness (QED) is 0.446. The zero-order valence-electron chi connectivity index (χ0n) is 17.5. The predicted octanol–water partition coefficient (Wildman–Crippen LogP) is 4.52. The minimum Gasteiger partial charge on any atom is -0.457 e. The summed E-state index contributed by atoms with van der Waals surface area (Å²) in [5, 5.41) is 6.84. The lowest BCUT2D eigenvalue weighted by atomic mass is 10.1. The van der Waals surface area contributed by atoms with Gasteiger partial charge in [0.15, 0.2) is 5.13 Å². The van der Waals surface area contributed by atoms with E-state index in [1.54, 1.807) is 36.7 Å². The maximum atomic E-state index is 11.8. The monoisotopic (exact) mass is 433 g/mol. The third-order valence-corrected chi connectivity index (χ3v) is 5.67. The van der Waals surface area contributed by atoms with Gasteiger partial charge < -0.3 is 20.3 Å². The Labute approximate surface area is 184 Å². The number of nitrogens with zero attached hydrogens (tertiary/aromatic N) is 3. The highest BCUT2D eigenvalue weighted by Gasteiger charge is 2.10. The first-order valence-corrected chi connectivity index (χ1v) is 10.6. The summed E-state index contributed by atoms with van der Waals surface area (Å²) >= 11 is 1.57.